The van der Waals surface area contributed by atoms with Gasteiger partial charge in [-0.15, -0.1) is 0 Å². The highest BCUT2D eigenvalue weighted by Gasteiger charge is 2.23. The van der Waals surface area contributed by atoms with Crippen molar-refractivity contribution in [1.82, 2.24) is 0 Å². The van der Waals surface area contributed by atoms with Gasteiger partial charge in [0.1, 0.15) is 0 Å². The monoisotopic (exact) mass is 334 g/mol. The predicted molar refractivity (Wildman–Crippen MR) is 105 cm³/mol. The van der Waals surface area contributed by atoms with Crippen LogP contribution in [0.2, 0.25) is 0 Å². The Labute approximate surface area is 145 Å². The highest BCUT2D eigenvalue weighted by atomic mass is 31.1. The summed E-state index contributed by atoms with van der Waals surface area (Å²) in [7, 11) is -0.539. The van der Waals surface area contributed by atoms with Gasteiger partial charge < -0.3 is 0 Å². The fraction of sp³-hybridized carbons (Fsp3) is 0.667. The molecule has 0 aliphatic carbocycles. The van der Waals surface area contributed by atoms with Crippen molar-refractivity contribution in [2.24, 2.45) is 5.92 Å². The van der Waals surface area contributed by atoms with Gasteiger partial charge in [0.2, 0.25) is 0 Å². The van der Waals surface area contributed by atoms with Crippen molar-refractivity contribution < 1.29 is 4.79 Å². The number of hydrogen-bond acceptors (Lipinski definition) is 1. The molecular weight excluding hydrogens is 299 g/mol. The van der Waals surface area contributed by atoms with Crippen LogP contribution in [0.5, 0.6) is 0 Å². The van der Waals surface area contributed by atoms with E-state index in [-0.39, 0.29) is 0 Å². The van der Waals surface area contributed by atoms with E-state index in [1.165, 1.54) is 37.7 Å². The van der Waals surface area contributed by atoms with Crippen molar-refractivity contribution in [3.63, 3.8) is 0 Å². The molecule has 0 bridgehead atoms. The molecule has 0 aromatic heterocycles. The lowest BCUT2D eigenvalue weighted by Gasteiger charge is -2.21. The van der Waals surface area contributed by atoms with Gasteiger partial charge >= 0.3 is 0 Å². The SMILES string of the molecule is CCCCCCCP(CC(C)C)C(=O)c1c(C)cc(C)cc1C. The molecule has 0 fully saturated rings. The summed E-state index contributed by atoms with van der Waals surface area (Å²) < 4.78 is 0. The normalized spacial score (nSPS) is 12.7. The zero-order valence-electron chi connectivity index (χ0n) is 16.0. The van der Waals surface area contributed by atoms with Crippen molar-refractivity contribution in [2.75, 3.05) is 12.3 Å². The van der Waals surface area contributed by atoms with Gasteiger partial charge in [0.05, 0.1) is 0 Å². The minimum Gasteiger partial charge on any atom is -0.289 e. The largest absolute Gasteiger partial charge is 0.289 e. The van der Waals surface area contributed by atoms with Gasteiger partial charge in [-0.3, -0.25) is 4.79 Å². The highest BCUT2D eigenvalue weighted by Crippen LogP contribution is 2.44. The van der Waals surface area contributed by atoms with Crippen LogP contribution < -0.4 is 0 Å². The summed E-state index contributed by atoms with van der Waals surface area (Å²) in [6.45, 7) is 13.0. The van der Waals surface area contributed by atoms with Gasteiger partial charge in [0, 0.05) is 5.56 Å². The summed E-state index contributed by atoms with van der Waals surface area (Å²) in [5.74, 6) is 0.603. The summed E-state index contributed by atoms with van der Waals surface area (Å²) in [4.78, 5) is 13.2. The number of carbonyl (C=O) groups excluding carboxylic acids is 1. The molecule has 23 heavy (non-hydrogen) atoms. The minimum absolute atomic E-state index is 0.444. The summed E-state index contributed by atoms with van der Waals surface area (Å²) >= 11 is 0. The molecule has 2 heteroatoms. The molecule has 0 heterocycles. The molecule has 0 radical (unpaired) electrons. The molecule has 0 saturated carbocycles. The molecule has 0 aliphatic rings. The first kappa shape index (κ1) is 20.4. The Hall–Kier alpha value is -0.680. The molecule has 0 aliphatic heterocycles. The van der Waals surface area contributed by atoms with E-state index in [2.05, 4.69) is 53.7 Å². The maximum Gasteiger partial charge on any atom is 0.184 e. The lowest BCUT2D eigenvalue weighted by Crippen LogP contribution is -2.10. The summed E-state index contributed by atoms with van der Waals surface area (Å²) in [6, 6.07) is 4.31. The average Bonchev–Trinajstić information content (AvgIpc) is 2.44. The Morgan fingerprint density at radius 1 is 1.00 bits per heavy atom. The zero-order valence-corrected chi connectivity index (χ0v) is 16.9. The zero-order chi connectivity index (χ0) is 17.4. The summed E-state index contributed by atoms with van der Waals surface area (Å²) in [6.07, 6.45) is 8.61. The van der Waals surface area contributed by atoms with E-state index in [1.807, 2.05) is 0 Å². The smallest absolute Gasteiger partial charge is 0.184 e. The average molecular weight is 334 g/mol. The number of unbranched alkanes of at least 4 members (excludes halogenated alkanes) is 4. The number of carbonyl (C=O) groups is 1. The second-order valence-corrected chi connectivity index (χ2v) is 9.63. The Morgan fingerprint density at radius 3 is 2.09 bits per heavy atom. The second-order valence-electron chi connectivity index (χ2n) is 7.33. The van der Waals surface area contributed by atoms with Crippen molar-refractivity contribution in [3.8, 4) is 0 Å². The molecule has 0 amide bonds. The van der Waals surface area contributed by atoms with E-state index in [0.29, 0.717) is 11.4 Å². The van der Waals surface area contributed by atoms with Crippen LogP contribution in [0, 0.1) is 26.7 Å². The van der Waals surface area contributed by atoms with Crippen LogP contribution in [0.1, 0.15) is 79.9 Å². The number of hydrogen-bond donors (Lipinski definition) is 0. The second kappa shape index (κ2) is 10.2. The van der Waals surface area contributed by atoms with Crippen LogP contribution in [-0.4, -0.2) is 17.8 Å². The Bertz CT molecular complexity index is 482. The molecule has 1 unspecified atom stereocenters. The number of aryl methyl sites for hydroxylation is 3. The standard InChI is InChI=1S/C21H35OP/c1-7-8-9-10-11-12-23(15-16(2)3)21(22)20-18(5)13-17(4)14-19(20)6/h13-14,16H,7-12,15H2,1-6H3. The molecule has 1 aromatic carbocycles. The maximum absolute atomic E-state index is 13.2. The summed E-state index contributed by atoms with van der Waals surface area (Å²) in [5, 5.41) is 0. The van der Waals surface area contributed by atoms with Crippen molar-refractivity contribution in [3.05, 3.63) is 34.4 Å². The topological polar surface area (TPSA) is 17.1 Å². The van der Waals surface area contributed by atoms with Crippen LogP contribution in [0.15, 0.2) is 12.1 Å². The molecule has 130 valence electrons. The molecule has 1 rings (SSSR count). The fourth-order valence-corrected chi connectivity index (χ4v) is 6.01. The van der Waals surface area contributed by atoms with E-state index < -0.39 is 7.92 Å². The Morgan fingerprint density at radius 2 is 1.57 bits per heavy atom. The van der Waals surface area contributed by atoms with E-state index in [4.69, 9.17) is 0 Å². The molecular formula is C21H35OP. The molecule has 1 nitrogen and oxygen atoms in total. The van der Waals surface area contributed by atoms with Crippen LogP contribution in [-0.2, 0) is 0 Å². The molecule has 0 saturated heterocycles. The van der Waals surface area contributed by atoms with Crippen LogP contribution in [0.3, 0.4) is 0 Å². The van der Waals surface area contributed by atoms with Gasteiger partial charge in [-0.05, 0) is 64.5 Å². The van der Waals surface area contributed by atoms with E-state index in [0.717, 1.165) is 29.0 Å². The summed E-state index contributed by atoms with van der Waals surface area (Å²) in [5.41, 5.74) is 5.03. The van der Waals surface area contributed by atoms with E-state index in [9.17, 15) is 4.79 Å². The molecule has 0 spiro atoms. The Balaban J connectivity index is 2.83. The van der Waals surface area contributed by atoms with Crippen molar-refractivity contribution >= 4 is 13.4 Å². The lowest BCUT2D eigenvalue weighted by molar-refractivity contribution is 0.108. The first-order chi connectivity index (χ1) is 10.9. The third-order valence-electron chi connectivity index (χ3n) is 4.30. The van der Waals surface area contributed by atoms with Gasteiger partial charge in [0.25, 0.3) is 0 Å². The van der Waals surface area contributed by atoms with Gasteiger partial charge in [-0.1, -0.05) is 64.2 Å². The van der Waals surface area contributed by atoms with Crippen molar-refractivity contribution in [2.45, 2.75) is 73.6 Å². The van der Waals surface area contributed by atoms with Gasteiger partial charge in [-0.2, -0.15) is 0 Å². The number of benzene rings is 1. The van der Waals surface area contributed by atoms with Crippen LogP contribution in [0.4, 0.5) is 0 Å². The number of rotatable bonds is 10. The third-order valence-corrected chi connectivity index (χ3v) is 7.12. The van der Waals surface area contributed by atoms with Crippen LogP contribution in [0.25, 0.3) is 0 Å². The molecule has 1 atom stereocenters. The van der Waals surface area contributed by atoms with Crippen molar-refractivity contribution in [1.29, 1.82) is 0 Å². The first-order valence-corrected chi connectivity index (χ1v) is 10.9. The predicted octanol–water partition coefficient (Wildman–Crippen LogP) is 6.86. The Kier molecular flexibility index (Phi) is 9.07. The molecule has 0 N–H and O–H groups in total. The van der Waals surface area contributed by atoms with Gasteiger partial charge in [-0.25, -0.2) is 0 Å². The first-order valence-electron chi connectivity index (χ1n) is 9.23. The molecule has 1 aromatic rings. The minimum atomic E-state index is -0.539. The lowest BCUT2D eigenvalue weighted by atomic mass is 10.0. The maximum atomic E-state index is 13.2. The van der Waals surface area contributed by atoms with Crippen LogP contribution >= 0.6 is 7.92 Å². The van der Waals surface area contributed by atoms with E-state index >= 15 is 0 Å². The van der Waals surface area contributed by atoms with Gasteiger partial charge in [0.15, 0.2) is 5.52 Å². The highest BCUT2D eigenvalue weighted by molar-refractivity contribution is 7.75. The quantitative estimate of drug-likeness (QED) is 0.337. The third kappa shape index (κ3) is 6.76. The fourth-order valence-electron chi connectivity index (χ4n) is 3.30. The van der Waals surface area contributed by atoms with E-state index in [1.54, 1.807) is 0 Å².